The number of nitrogens with one attached hydrogen (secondary N) is 1. The quantitative estimate of drug-likeness (QED) is 0.380. The van der Waals surface area contributed by atoms with E-state index >= 15 is 0 Å². The molecule has 0 aliphatic carbocycles. The molecule has 0 saturated heterocycles. The molecule has 0 radical (unpaired) electrons. The molecule has 204 valence electrons. The number of thioether (sulfide) groups is 1. The third-order valence-corrected chi connectivity index (χ3v) is 7.80. The minimum atomic E-state index is -0.887. The summed E-state index contributed by atoms with van der Waals surface area (Å²) in [6.45, 7) is 0.455. The minimum Gasteiger partial charge on any atom is -0.454 e. The number of carbonyl (C=O) groups is 2. The monoisotopic (exact) mass is 566 g/mol. The van der Waals surface area contributed by atoms with E-state index in [4.69, 9.17) is 14.5 Å². The molecule has 0 fully saturated rings. The molecule has 2 amide bonds. The average molecular weight is 567 g/mol. The highest BCUT2D eigenvalue weighted by molar-refractivity contribution is 8.13. The molecule has 1 atom stereocenters. The number of amidine groups is 2. The van der Waals surface area contributed by atoms with Crippen molar-refractivity contribution in [1.29, 1.82) is 0 Å². The summed E-state index contributed by atoms with van der Waals surface area (Å²) in [5.74, 6) is 1.46. The number of fused-ring (bicyclic) bond motifs is 5. The van der Waals surface area contributed by atoms with E-state index in [1.165, 1.54) is 27.1 Å². The number of pyridine rings is 1. The number of hydrogen-bond acceptors (Lipinski definition) is 9. The van der Waals surface area contributed by atoms with E-state index in [0.29, 0.717) is 45.3 Å². The summed E-state index contributed by atoms with van der Waals surface area (Å²) in [7, 11) is 0. The molecule has 2 aromatic heterocycles. The van der Waals surface area contributed by atoms with Gasteiger partial charge in [0, 0.05) is 30.1 Å². The van der Waals surface area contributed by atoms with E-state index < -0.39 is 6.04 Å². The van der Waals surface area contributed by atoms with Crippen LogP contribution >= 0.6 is 11.8 Å². The Hall–Kier alpha value is -4.97. The van der Waals surface area contributed by atoms with Crippen LogP contribution in [0.4, 0.5) is 5.69 Å². The third-order valence-electron chi connectivity index (χ3n) is 6.83. The van der Waals surface area contributed by atoms with Gasteiger partial charge in [-0.05, 0) is 42.0 Å². The summed E-state index contributed by atoms with van der Waals surface area (Å²) < 4.78 is 12.2. The van der Waals surface area contributed by atoms with E-state index in [1.54, 1.807) is 24.4 Å². The number of nitrogens with zero attached hydrogens (tertiary/aromatic N) is 5. The first-order chi connectivity index (χ1) is 20.0. The molecule has 11 nitrogen and oxygen atoms in total. The zero-order valence-electron chi connectivity index (χ0n) is 21.5. The lowest BCUT2D eigenvalue weighted by Crippen LogP contribution is -2.42. The van der Waals surface area contributed by atoms with Gasteiger partial charge in [0.1, 0.15) is 17.5 Å². The fraction of sp³-hybridized carbons (Fsp3) is 0.172. The molecule has 0 bridgehead atoms. The standard InChI is InChI=1S/C29H22N6O5S/c36-25(30-14-17-8-9-22-23(11-17)40-16-39-22)13-21-28(38)35-27(32-21)19-5-1-2-6-20(19)33-29(35)41-15-18-12-26(37)34-10-4-3-7-24(34)31-18/h1-12,21H,13-16H2,(H,30,36)/t21-/m0/s1. The number of carbonyl (C=O) groups excluding carboxylic acids is 2. The summed E-state index contributed by atoms with van der Waals surface area (Å²) in [4.78, 5) is 54.4. The van der Waals surface area contributed by atoms with Crippen molar-refractivity contribution in [3.05, 3.63) is 100 Å². The highest BCUT2D eigenvalue weighted by Crippen LogP contribution is 2.35. The van der Waals surface area contributed by atoms with E-state index in [1.807, 2.05) is 42.5 Å². The number of aromatic nitrogens is 2. The Morgan fingerprint density at radius 3 is 2.80 bits per heavy atom. The number of hydrogen-bond donors (Lipinski definition) is 1. The summed E-state index contributed by atoms with van der Waals surface area (Å²) in [5.41, 5.74) is 3.17. The Morgan fingerprint density at radius 1 is 1.02 bits per heavy atom. The smallest absolute Gasteiger partial charge is 0.259 e. The molecule has 0 saturated carbocycles. The van der Waals surface area contributed by atoms with Gasteiger partial charge in [0.25, 0.3) is 11.5 Å². The van der Waals surface area contributed by atoms with E-state index in [2.05, 4.69) is 15.3 Å². The van der Waals surface area contributed by atoms with Crippen molar-refractivity contribution in [3.8, 4) is 11.5 Å². The Morgan fingerprint density at radius 2 is 1.88 bits per heavy atom. The molecule has 2 aromatic carbocycles. The molecular weight excluding hydrogens is 544 g/mol. The lowest BCUT2D eigenvalue weighted by Gasteiger charge is -2.25. The average Bonchev–Trinajstić information content (AvgIpc) is 3.59. The predicted octanol–water partition coefficient (Wildman–Crippen LogP) is 3.02. The summed E-state index contributed by atoms with van der Waals surface area (Å²) in [6, 6.07) is 18.8. The van der Waals surface area contributed by atoms with Crippen LogP contribution in [0.2, 0.25) is 0 Å². The van der Waals surface area contributed by atoms with Gasteiger partial charge in [-0.15, -0.1) is 0 Å². The third kappa shape index (κ3) is 4.72. The second-order valence-electron chi connectivity index (χ2n) is 9.53. The Bertz CT molecular complexity index is 1850. The molecule has 41 heavy (non-hydrogen) atoms. The highest BCUT2D eigenvalue weighted by atomic mass is 32.2. The van der Waals surface area contributed by atoms with Crippen LogP contribution < -0.4 is 20.3 Å². The lowest BCUT2D eigenvalue weighted by molar-refractivity contribution is -0.128. The van der Waals surface area contributed by atoms with Crippen LogP contribution in [0, 0.1) is 0 Å². The molecule has 3 aliphatic rings. The van der Waals surface area contributed by atoms with E-state index in [-0.39, 0.29) is 37.1 Å². The normalized spacial score (nSPS) is 16.7. The Labute approximate surface area is 237 Å². The second kappa shape index (κ2) is 10.2. The van der Waals surface area contributed by atoms with Crippen LogP contribution in [-0.2, 0) is 21.9 Å². The first kappa shape index (κ1) is 25.0. The number of rotatable bonds is 6. The molecule has 7 rings (SSSR count). The van der Waals surface area contributed by atoms with E-state index in [9.17, 15) is 14.4 Å². The predicted molar refractivity (Wildman–Crippen MR) is 152 cm³/mol. The van der Waals surface area contributed by atoms with Crippen LogP contribution in [0.5, 0.6) is 11.5 Å². The van der Waals surface area contributed by atoms with Gasteiger partial charge < -0.3 is 14.8 Å². The van der Waals surface area contributed by atoms with Gasteiger partial charge >= 0.3 is 0 Å². The van der Waals surface area contributed by atoms with Gasteiger partial charge in [-0.1, -0.05) is 36.0 Å². The topological polar surface area (TPSA) is 127 Å². The molecule has 3 aliphatic heterocycles. The van der Waals surface area contributed by atoms with Crippen LogP contribution in [0.15, 0.2) is 87.7 Å². The van der Waals surface area contributed by atoms with Gasteiger partial charge in [-0.3, -0.25) is 23.8 Å². The van der Waals surface area contributed by atoms with Gasteiger partial charge in [-0.25, -0.2) is 14.9 Å². The van der Waals surface area contributed by atoms with Crippen molar-refractivity contribution in [2.24, 2.45) is 9.98 Å². The molecular formula is C29H22N6O5S. The molecule has 12 heteroatoms. The number of para-hydroxylation sites is 1. The zero-order chi connectivity index (χ0) is 27.9. The molecule has 4 aromatic rings. The molecule has 5 heterocycles. The minimum absolute atomic E-state index is 0.105. The summed E-state index contributed by atoms with van der Waals surface area (Å²) in [5, 5.41) is 3.29. The highest BCUT2D eigenvalue weighted by Gasteiger charge is 2.42. The van der Waals surface area contributed by atoms with Crippen LogP contribution in [-0.4, -0.2) is 49.9 Å². The Kier molecular flexibility index (Phi) is 6.23. The summed E-state index contributed by atoms with van der Waals surface area (Å²) >= 11 is 1.29. The SMILES string of the molecule is O=C(C[C@@H]1N=C2c3ccccc3N=C(SCc3cc(=O)n4ccccc4n3)N2C1=O)NCc1ccc2c(c1)OCO2. The second-order valence-corrected chi connectivity index (χ2v) is 10.5. The fourth-order valence-corrected chi connectivity index (χ4v) is 5.74. The zero-order valence-corrected chi connectivity index (χ0v) is 22.3. The first-order valence-electron chi connectivity index (χ1n) is 12.9. The van der Waals surface area contributed by atoms with Gasteiger partial charge in [0.05, 0.1) is 17.8 Å². The Balaban J connectivity index is 1.08. The maximum absolute atomic E-state index is 13.6. The van der Waals surface area contributed by atoms with Crippen LogP contribution in [0.3, 0.4) is 0 Å². The maximum atomic E-state index is 13.6. The molecule has 0 unspecified atom stereocenters. The van der Waals surface area contributed by atoms with Crippen LogP contribution in [0.25, 0.3) is 5.65 Å². The van der Waals surface area contributed by atoms with Crippen molar-refractivity contribution >= 4 is 45.9 Å². The van der Waals surface area contributed by atoms with Crippen molar-refractivity contribution in [1.82, 2.24) is 19.6 Å². The van der Waals surface area contributed by atoms with E-state index in [0.717, 1.165) is 11.1 Å². The van der Waals surface area contributed by atoms with Gasteiger partial charge in [-0.2, -0.15) is 0 Å². The fourth-order valence-electron chi connectivity index (χ4n) is 4.85. The van der Waals surface area contributed by atoms with Crippen molar-refractivity contribution in [3.63, 3.8) is 0 Å². The van der Waals surface area contributed by atoms with Crippen molar-refractivity contribution < 1.29 is 19.1 Å². The maximum Gasteiger partial charge on any atom is 0.259 e. The van der Waals surface area contributed by atoms with Crippen molar-refractivity contribution in [2.75, 3.05) is 6.79 Å². The largest absolute Gasteiger partial charge is 0.454 e. The first-order valence-corrected chi connectivity index (χ1v) is 13.9. The summed E-state index contributed by atoms with van der Waals surface area (Å²) in [6.07, 6.45) is 1.56. The molecule has 0 spiro atoms. The number of benzene rings is 2. The lowest BCUT2D eigenvalue weighted by atomic mass is 10.1. The van der Waals surface area contributed by atoms with Gasteiger partial charge in [0.2, 0.25) is 12.7 Å². The van der Waals surface area contributed by atoms with Crippen LogP contribution in [0.1, 0.15) is 23.2 Å². The molecule has 1 N–H and O–H groups in total. The number of amides is 2. The number of ether oxygens (including phenoxy) is 2. The number of aliphatic imine (C=N–C) groups is 2. The van der Waals surface area contributed by atoms with Gasteiger partial charge in [0.15, 0.2) is 16.7 Å². The van der Waals surface area contributed by atoms with Crippen molar-refractivity contribution in [2.45, 2.75) is 24.8 Å².